The molecule has 1 aliphatic carbocycles. The smallest absolute Gasteiger partial charge is 0.237 e. The zero-order valence-corrected chi connectivity index (χ0v) is 8.92. The van der Waals surface area contributed by atoms with Crippen LogP contribution in [0, 0.1) is 0 Å². The molecule has 1 atom stereocenters. The highest BCUT2D eigenvalue weighted by atomic mass is 16.2. The molecular weight excluding hydrogens is 192 g/mol. The lowest BCUT2D eigenvalue weighted by atomic mass is 9.99. The monoisotopic (exact) mass is 210 g/mol. The molecule has 0 aromatic heterocycles. The minimum absolute atomic E-state index is 0.00139. The van der Waals surface area contributed by atoms with Crippen molar-refractivity contribution in [1.82, 2.24) is 10.6 Å². The summed E-state index contributed by atoms with van der Waals surface area (Å²) in [5.74, 6) is 0.00139. The van der Waals surface area contributed by atoms with Gasteiger partial charge in [0.05, 0.1) is 11.6 Å². The molecule has 0 radical (unpaired) electrons. The Kier molecular flexibility index (Phi) is 3.05. The highest BCUT2D eigenvalue weighted by molar-refractivity contribution is 5.86. The minimum atomic E-state index is -0.554. The molecule has 84 valence electrons. The lowest BCUT2D eigenvalue weighted by Gasteiger charge is -2.25. The average molecular weight is 210 g/mol. The van der Waals surface area contributed by atoms with E-state index in [-0.39, 0.29) is 11.9 Å². The third-order valence-corrected chi connectivity index (χ3v) is 3.47. The standard InChI is InChI=1S/C11H18N2O2/c14-8-11(5-1-2-6-11)13-10(15)9-4-3-7-12-9/h8-9,12H,1-7H2,(H,13,15)/t9-/m0/s1. The van der Waals surface area contributed by atoms with Gasteiger partial charge in [-0.25, -0.2) is 0 Å². The quantitative estimate of drug-likeness (QED) is 0.661. The predicted molar refractivity (Wildman–Crippen MR) is 56.4 cm³/mol. The van der Waals surface area contributed by atoms with E-state index in [4.69, 9.17) is 0 Å². The molecule has 0 aromatic carbocycles. The van der Waals surface area contributed by atoms with E-state index >= 15 is 0 Å². The average Bonchev–Trinajstić information content (AvgIpc) is 2.88. The van der Waals surface area contributed by atoms with Gasteiger partial charge in [0.25, 0.3) is 0 Å². The van der Waals surface area contributed by atoms with Crippen LogP contribution in [0.4, 0.5) is 0 Å². The van der Waals surface area contributed by atoms with Gasteiger partial charge in [-0.2, -0.15) is 0 Å². The van der Waals surface area contributed by atoms with Crippen molar-refractivity contribution in [2.24, 2.45) is 0 Å². The fourth-order valence-electron chi connectivity index (χ4n) is 2.52. The van der Waals surface area contributed by atoms with Gasteiger partial charge in [0.2, 0.25) is 5.91 Å². The Bertz CT molecular complexity index is 253. The van der Waals surface area contributed by atoms with E-state index in [0.717, 1.165) is 51.4 Å². The lowest BCUT2D eigenvalue weighted by Crippen LogP contribution is -2.53. The van der Waals surface area contributed by atoms with Crippen molar-refractivity contribution < 1.29 is 9.59 Å². The van der Waals surface area contributed by atoms with Crippen LogP contribution in [0.15, 0.2) is 0 Å². The summed E-state index contributed by atoms with van der Waals surface area (Å²) in [5, 5.41) is 6.06. The predicted octanol–water partition coefficient (Wildman–Crippen LogP) is 0.366. The molecule has 2 rings (SSSR count). The SMILES string of the molecule is O=CC1(NC(=O)[C@@H]2CCCN2)CCCC1. The summed E-state index contributed by atoms with van der Waals surface area (Å²) in [6.45, 7) is 0.909. The maximum atomic E-state index is 11.8. The normalized spacial score (nSPS) is 28.9. The summed E-state index contributed by atoms with van der Waals surface area (Å²) in [6.07, 6.45) is 6.54. The molecule has 2 aliphatic rings. The van der Waals surface area contributed by atoms with Crippen LogP contribution in [0.5, 0.6) is 0 Å². The van der Waals surface area contributed by atoms with E-state index in [1.54, 1.807) is 0 Å². The fourth-order valence-corrected chi connectivity index (χ4v) is 2.52. The first-order chi connectivity index (χ1) is 7.26. The van der Waals surface area contributed by atoms with Gasteiger partial charge in [0.15, 0.2) is 0 Å². The molecule has 0 aromatic rings. The molecule has 4 heteroatoms. The van der Waals surface area contributed by atoms with Crippen LogP contribution in [0.3, 0.4) is 0 Å². The molecule has 15 heavy (non-hydrogen) atoms. The Balaban J connectivity index is 1.94. The van der Waals surface area contributed by atoms with Crippen molar-refractivity contribution in [2.75, 3.05) is 6.54 Å². The van der Waals surface area contributed by atoms with E-state index in [9.17, 15) is 9.59 Å². The summed E-state index contributed by atoms with van der Waals surface area (Å²) >= 11 is 0. The van der Waals surface area contributed by atoms with Crippen LogP contribution in [-0.4, -0.2) is 30.3 Å². The Hall–Kier alpha value is -0.900. The number of aldehydes is 1. The highest BCUT2D eigenvalue weighted by Gasteiger charge is 2.37. The first-order valence-electron chi connectivity index (χ1n) is 5.77. The Morgan fingerprint density at radius 3 is 2.60 bits per heavy atom. The second kappa shape index (κ2) is 4.31. The number of carbonyl (C=O) groups is 2. The van der Waals surface area contributed by atoms with Crippen molar-refractivity contribution in [3.8, 4) is 0 Å². The van der Waals surface area contributed by atoms with Crippen LogP contribution >= 0.6 is 0 Å². The maximum absolute atomic E-state index is 11.8. The van der Waals surface area contributed by atoms with Crippen LogP contribution < -0.4 is 10.6 Å². The van der Waals surface area contributed by atoms with Gasteiger partial charge in [-0.15, -0.1) is 0 Å². The topological polar surface area (TPSA) is 58.2 Å². The van der Waals surface area contributed by atoms with Gasteiger partial charge in [0.1, 0.15) is 6.29 Å². The first kappa shape index (κ1) is 10.6. The van der Waals surface area contributed by atoms with E-state index in [2.05, 4.69) is 10.6 Å². The molecule has 0 bridgehead atoms. The molecule has 0 spiro atoms. The zero-order chi connectivity index (χ0) is 10.7. The number of nitrogens with one attached hydrogen (secondary N) is 2. The number of carbonyl (C=O) groups excluding carboxylic acids is 2. The molecule has 2 fully saturated rings. The number of rotatable bonds is 3. The van der Waals surface area contributed by atoms with Crippen molar-refractivity contribution in [3.05, 3.63) is 0 Å². The third-order valence-electron chi connectivity index (χ3n) is 3.47. The van der Waals surface area contributed by atoms with Crippen molar-refractivity contribution in [1.29, 1.82) is 0 Å². The largest absolute Gasteiger partial charge is 0.343 e. The minimum Gasteiger partial charge on any atom is -0.343 e. The number of amides is 1. The Morgan fingerprint density at radius 1 is 1.33 bits per heavy atom. The summed E-state index contributed by atoms with van der Waals surface area (Å²) in [5.41, 5.74) is -0.554. The summed E-state index contributed by atoms with van der Waals surface area (Å²) in [4.78, 5) is 22.9. The highest BCUT2D eigenvalue weighted by Crippen LogP contribution is 2.27. The summed E-state index contributed by atoms with van der Waals surface area (Å²) in [6, 6.07) is -0.0811. The summed E-state index contributed by atoms with van der Waals surface area (Å²) in [7, 11) is 0. The van der Waals surface area contributed by atoms with Crippen LogP contribution in [-0.2, 0) is 9.59 Å². The van der Waals surface area contributed by atoms with Crippen molar-refractivity contribution in [3.63, 3.8) is 0 Å². The maximum Gasteiger partial charge on any atom is 0.237 e. The van der Waals surface area contributed by atoms with Crippen LogP contribution in [0.2, 0.25) is 0 Å². The lowest BCUT2D eigenvalue weighted by molar-refractivity contribution is -0.128. The molecule has 2 N–H and O–H groups in total. The van der Waals surface area contributed by atoms with Crippen molar-refractivity contribution in [2.45, 2.75) is 50.1 Å². The van der Waals surface area contributed by atoms with Gasteiger partial charge in [-0.3, -0.25) is 4.79 Å². The van der Waals surface area contributed by atoms with E-state index in [1.165, 1.54) is 0 Å². The Labute approximate surface area is 89.8 Å². The van der Waals surface area contributed by atoms with Gasteiger partial charge in [0, 0.05) is 0 Å². The van der Waals surface area contributed by atoms with E-state index in [0.29, 0.717) is 0 Å². The van der Waals surface area contributed by atoms with E-state index < -0.39 is 5.54 Å². The molecule has 1 heterocycles. The van der Waals surface area contributed by atoms with E-state index in [1.807, 2.05) is 0 Å². The van der Waals surface area contributed by atoms with Crippen molar-refractivity contribution >= 4 is 12.2 Å². The number of hydrogen-bond donors (Lipinski definition) is 2. The molecule has 1 amide bonds. The summed E-state index contributed by atoms with van der Waals surface area (Å²) < 4.78 is 0. The first-order valence-corrected chi connectivity index (χ1v) is 5.77. The number of hydrogen-bond acceptors (Lipinski definition) is 3. The van der Waals surface area contributed by atoms with Gasteiger partial charge in [-0.1, -0.05) is 12.8 Å². The van der Waals surface area contributed by atoms with Gasteiger partial charge >= 0.3 is 0 Å². The molecule has 1 saturated heterocycles. The Morgan fingerprint density at radius 2 is 2.07 bits per heavy atom. The fraction of sp³-hybridized carbons (Fsp3) is 0.818. The molecule has 1 saturated carbocycles. The second-order valence-electron chi connectivity index (χ2n) is 4.62. The van der Waals surface area contributed by atoms with Crippen LogP contribution in [0.1, 0.15) is 38.5 Å². The molecule has 0 unspecified atom stereocenters. The molecule has 4 nitrogen and oxygen atoms in total. The van der Waals surface area contributed by atoms with Crippen LogP contribution in [0.25, 0.3) is 0 Å². The zero-order valence-electron chi connectivity index (χ0n) is 8.92. The molecular formula is C11H18N2O2. The second-order valence-corrected chi connectivity index (χ2v) is 4.62. The van der Waals surface area contributed by atoms with Gasteiger partial charge < -0.3 is 15.4 Å². The molecule has 1 aliphatic heterocycles. The third kappa shape index (κ3) is 2.20. The van der Waals surface area contributed by atoms with Gasteiger partial charge in [-0.05, 0) is 32.2 Å².